The van der Waals surface area contributed by atoms with Crippen molar-refractivity contribution in [2.24, 2.45) is 0 Å². The summed E-state index contributed by atoms with van der Waals surface area (Å²) in [5.41, 5.74) is 11.0. The summed E-state index contributed by atoms with van der Waals surface area (Å²) in [7, 11) is 0. The van der Waals surface area contributed by atoms with Crippen molar-refractivity contribution in [3.63, 3.8) is 0 Å². The van der Waals surface area contributed by atoms with Crippen LogP contribution in [0.25, 0.3) is 27.5 Å². The fourth-order valence-corrected chi connectivity index (χ4v) is 3.04. The third-order valence-electron chi connectivity index (χ3n) is 3.97. The number of nitrogens with one attached hydrogen (secondary N) is 1. The molecule has 4 rings (SSSR count). The van der Waals surface area contributed by atoms with Gasteiger partial charge >= 0.3 is 0 Å². The van der Waals surface area contributed by atoms with Gasteiger partial charge in [0.1, 0.15) is 17.1 Å². The quantitative estimate of drug-likeness (QED) is 0.609. The first-order valence-corrected chi connectivity index (χ1v) is 7.52. The second-order valence-corrected chi connectivity index (χ2v) is 5.51. The van der Waals surface area contributed by atoms with Gasteiger partial charge in [-0.3, -0.25) is 5.10 Å². The number of aromatic amines is 1. The van der Waals surface area contributed by atoms with Crippen molar-refractivity contribution in [1.29, 1.82) is 0 Å². The molecule has 116 valence electrons. The third-order valence-corrected chi connectivity index (χ3v) is 3.97. The van der Waals surface area contributed by atoms with Gasteiger partial charge in [0.25, 0.3) is 0 Å². The third kappa shape index (κ3) is 2.11. The van der Waals surface area contributed by atoms with Gasteiger partial charge in [0.05, 0.1) is 18.3 Å². The van der Waals surface area contributed by atoms with E-state index in [1.165, 1.54) is 0 Å². The number of H-pyrrole nitrogens is 1. The second kappa shape index (κ2) is 5.01. The highest BCUT2D eigenvalue weighted by Crippen LogP contribution is 2.36. The number of benzene rings is 1. The Balaban J connectivity index is 1.98. The smallest absolute Gasteiger partial charge is 0.146 e. The summed E-state index contributed by atoms with van der Waals surface area (Å²) in [6, 6.07) is 8.03. The number of nitrogen functional groups attached to an aromatic ring is 1. The van der Waals surface area contributed by atoms with Crippen LogP contribution in [0, 0.1) is 6.92 Å². The van der Waals surface area contributed by atoms with E-state index in [1.54, 1.807) is 4.52 Å². The molecule has 4 aromatic rings. The lowest BCUT2D eigenvalue weighted by Crippen LogP contribution is -1.95. The molecule has 6 heteroatoms. The molecular formula is C17H17N5O. The molecule has 0 fully saturated rings. The molecule has 0 atom stereocenters. The number of aryl methyl sites for hydroxylation is 1. The van der Waals surface area contributed by atoms with Gasteiger partial charge in [0.15, 0.2) is 0 Å². The number of anilines is 1. The fraction of sp³-hybridized carbons (Fsp3) is 0.176. The van der Waals surface area contributed by atoms with E-state index in [4.69, 9.17) is 10.5 Å². The minimum absolute atomic E-state index is 0.513. The summed E-state index contributed by atoms with van der Waals surface area (Å²) in [6.45, 7) is 4.68. The normalized spacial score (nSPS) is 11.4. The Hall–Kier alpha value is -3.02. The zero-order chi connectivity index (χ0) is 16.0. The molecule has 0 bridgehead atoms. The van der Waals surface area contributed by atoms with Crippen LogP contribution in [0.1, 0.15) is 12.5 Å². The first-order valence-electron chi connectivity index (χ1n) is 7.52. The monoisotopic (exact) mass is 307 g/mol. The highest BCUT2D eigenvalue weighted by atomic mass is 16.5. The van der Waals surface area contributed by atoms with Crippen molar-refractivity contribution in [3.8, 4) is 16.9 Å². The molecule has 0 aliphatic rings. The van der Waals surface area contributed by atoms with Gasteiger partial charge in [-0.25, -0.2) is 4.52 Å². The molecule has 0 spiro atoms. The van der Waals surface area contributed by atoms with Crippen molar-refractivity contribution < 1.29 is 4.74 Å². The van der Waals surface area contributed by atoms with Crippen LogP contribution < -0.4 is 10.5 Å². The van der Waals surface area contributed by atoms with Crippen LogP contribution in [-0.2, 0) is 0 Å². The Bertz CT molecular complexity index is 1010. The highest BCUT2D eigenvalue weighted by molar-refractivity contribution is 5.99. The fourth-order valence-electron chi connectivity index (χ4n) is 3.04. The molecule has 0 unspecified atom stereocenters. The number of nitrogens with zero attached hydrogens (tertiary/aromatic N) is 3. The number of hydrogen-bond acceptors (Lipinski definition) is 4. The molecule has 3 N–H and O–H groups in total. The van der Waals surface area contributed by atoms with Crippen molar-refractivity contribution in [2.75, 3.05) is 12.3 Å². The maximum Gasteiger partial charge on any atom is 0.146 e. The molecule has 0 aliphatic heterocycles. The molecular weight excluding hydrogens is 290 g/mol. The first kappa shape index (κ1) is 13.6. The van der Waals surface area contributed by atoms with Crippen LogP contribution in [-0.4, -0.2) is 26.4 Å². The number of aromatic nitrogens is 4. The van der Waals surface area contributed by atoms with Gasteiger partial charge in [0, 0.05) is 17.6 Å². The SMILES string of the molecule is CCOc1cc(C)c(-c2ccn3nc(N)cc3c2)c2cn[nH]c12. The number of ether oxygens (including phenoxy) is 1. The van der Waals surface area contributed by atoms with Crippen LogP contribution in [0.4, 0.5) is 5.82 Å². The molecule has 0 saturated heterocycles. The second-order valence-electron chi connectivity index (χ2n) is 5.51. The molecule has 6 nitrogen and oxygen atoms in total. The van der Waals surface area contributed by atoms with Gasteiger partial charge in [0.2, 0.25) is 0 Å². The predicted octanol–water partition coefficient (Wildman–Crippen LogP) is 3.17. The Morgan fingerprint density at radius 1 is 1.30 bits per heavy atom. The minimum atomic E-state index is 0.513. The lowest BCUT2D eigenvalue weighted by Gasteiger charge is -2.12. The van der Waals surface area contributed by atoms with Crippen LogP contribution in [0.3, 0.4) is 0 Å². The molecule has 0 aliphatic carbocycles. The Morgan fingerprint density at radius 3 is 3.00 bits per heavy atom. The largest absolute Gasteiger partial charge is 0.492 e. The summed E-state index contributed by atoms with van der Waals surface area (Å²) in [4.78, 5) is 0. The molecule has 0 saturated carbocycles. The lowest BCUT2D eigenvalue weighted by molar-refractivity contribution is 0.343. The Labute approximate surface area is 132 Å². The van der Waals surface area contributed by atoms with Crippen molar-refractivity contribution in [3.05, 3.63) is 42.2 Å². The number of fused-ring (bicyclic) bond motifs is 2. The van der Waals surface area contributed by atoms with E-state index in [1.807, 2.05) is 37.5 Å². The molecule has 0 amide bonds. The standard InChI is InChI=1S/C17H17N5O/c1-3-23-14-6-10(2)16(13-9-19-20-17(13)14)11-4-5-22-12(7-11)8-15(18)21-22/h4-9H,3H2,1-2H3,(H2,18,21)(H,19,20). The van der Waals surface area contributed by atoms with E-state index in [2.05, 4.69) is 28.3 Å². The lowest BCUT2D eigenvalue weighted by atomic mass is 9.97. The average Bonchev–Trinajstić information content (AvgIpc) is 3.12. The summed E-state index contributed by atoms with van der Waals surface area (Å²) >= 11 is 0. The average molecular weight is 307 g/mol. The number of hydrogen-bond donors (Lipinski definition) is 2. The zero-order valence-corrected chi connectivity index (χ0v) is 13.0. The molecule has 3 aromatic heterocycles. The van der Waals surface area contributed by atoms with Crippen LogP contribution >= 0.6 is 0 Å². The zero-order valence-electron chi connectivity index (χ0n) is 13.0. The molecule has 3 heterocycles. The maximum atomic E-state index is 5.77. The van der Waals surface area contributed by atoms with E-state index >= 15 is 0 Å². The van der Waals surface area contributed by atoms with Crippen LogP contribution in [0.5, 0.6) is 5.75 Å². The minimum Gasteiger partial charge on any atom is -0.492 e. The van der Waals surface area contributed by atoms with Crippen molar-refractivity contribution in [2.45, 2.75) is 13.8 Å². The number of nitrogens with two attached hydrogens (primary N) is 1. The van der Waals surface area contributed by atoms with E-state index in [-0.39, 0.29) is 0 Å². The van der Waals surface area contributed by atoms with Gasteiger partial charge < -0.3 is 10.5 Å². The molecule has 23 heavy (non-hydrogen) atoms. The summed E-state index contributed by atoms with van der Waals surface area (Å²) in [5.74, 6) is 1.34. The number of rotatable bonds is 3. The summed E-state index contributed by atoms with van der Waals surface area (Å²) < 4.78 is 7.49. The van der Waals surface area contributed by atoms with Gasteiger partial charge in [-0.1, -0.05) is 0 Å². The maximum absolute atomic E-state index is 5.77. The predicted molar refractivity (Wildman–Crippen MR) is 90.6 cm³/mol. The van der Waals surface area contributed by atoms with E-state index in [9.17, 15) is 0 Å². The first-order chi connectivity index (χ1) is 11.2. The summed E-state index contributed by atoms with van der Waals surface area (Å²) in [5, 5.41) is 12.5. The molecule has 0 radical (unpaired) electrons. The Kier molecular flexibility index (Phi) is 2.97. The number of pyridine rings is 1. The molecule has 1 aromatic carbocycles. The highest BCUT2D eigenvalue weighted by Gasteiger charge is 2.14. The Morgan fingerprint density at radius 2 is 2.17 bits per heavy atom. The van der Waals surface area contributed by atoms with Crippen LogP contribution in [0.2, 0.25) is 0 Å². The summed E-state index contributed by atoms with van der Waals surface area (Å²) in [6.07, 6.45) is 3.76. The van der Waals surface area contributed by atoms with Crippen LogP contribution in [0.15, 0.2) is 36.7 Å². The van der Waals surface area contributed by atoms with Gasteiger partial charge in [-0.05, 0) is 48.7 Å². The van der Waals surface area contributed by atoms with E-state index in [0.29, 0.717) is 12.4 Å². The van der Waals surface area contributed by atoms with Gasteiger partial charge in [-0.15, -0.1) is 0 Å². The van der Waals surface area contributed by atoms with E-state index in [0.717, 1.165) is 38.9 Å². The van der Waals surface area contributed by atoms with E-state index < -0.39 is 0 Å². The topological polar surface area (TPSA) is 81.2 Å². The van der Waals surface area contributed by atoms with Crippen molar-refractivity contribution in [1.82, 2.24) is 19.8 Å². The van der Waals surface area contributed by atoms with Crippen molar-refractivity contribution >= 4 is 22.2 Å². The van der Waals surface area contributed by atoms with Gasteiger partial charge in [-0.2, -0.15) is 10.2 Å².